The number of urea groups is 1. The van der Waals surface area contributed by atoms with Crippen molar-refractivity contribution in [1.82, 2.24) is 29.9 Å². The van der Waals surface area contributed by atoms with E-state index in [0.29, 0.717) is 0 Å². The van der Waals surface area contributed by atoms with Crippen LogP contribution in [0.15, 0.2) is 30.6 Å². The second-order valence-corrected chi connectivity index (χ2v) is 6.66. The van der Waals surface area contributed by atoms with E-state index in [1.54, 1.807) is 6.33 Å². The number of nitrogens with zero attached hydrogens (tertiary/aromatic N) is 5. The molecule has 0 spiro atoms. The van der Waals surface area contributed by atoms with E-state index in [9.17, 15) is 4.79 Å². The summed E-state index contributed by atoms with van der Waals surface area (Å²) in [4.78, 5) is 16.8. The van der Waals surface area contributed by atoms with Gasteiger partial charge in [-0.2, -0.15) is 0 Å². The number of aryl methyl sites for hydroxylation is 2. The van der Waals surface area contributed by atoms with Gasteiger partial charge in [-0.05, 0) is 25.0 Å². The van der Waals surface area contributed by atoms with Crippen LogP contribution in [0.2, 0.25) is 0 Å². The fraction of sp³-hybridized carbons (Fsp3) is 0.500. The predicted molar refractivity (Wildman–Crippen MR) is 96.0 cm³/mol. The molecule has 7 nitrogen and oxygen atoms in total. The highest BCUT2D eigenvalue weighted by Gasteiger charge is 2.23. The van der Waals surface area contributed by atoms with Crippen LogP contribution in [0.5, 0.6) is 0 Å². The first-order valence-corrected chi connectivity index (χ1v) is 8.71. The average Bonchev–Trinajstić information content (AvgIpc) is 3.03. The van der Waals surface area contributed by atoms with Gasteiger partial charge in [0.2, 0.25) is 0 Å². The summed E-state index contributed by atoms with van der Waals surface area (Å²) in [6.45, 7) is 8.27. The molecule has 0 aliphatic carbocycles. The standard InChI is InChI=1S/C18H26N6O/c1-14-6-4-5-7-16(14)12-23-8-10-24(11-9-23)18(25)20-15(2)17-21-19-13-22(17)3/h4-7,13,15H,8-12H2,1-3H3,(H,20,25)/t15-/m1/s1. The molecule has 1 aliphatic rings. The zero-order valence-corrected chi connectivity index (χ0v) is 15.1. The van der Waals surface area contributed by atoms with Crippen molar-refractivity contribution < 1.29 is 4.79 Å². The summed E-state index contributed by atoms with van der Waals surface area (Å²) in [6, 6.07) is 8.28. The van der Waals surface area contributed by atoms with Crippen molar-refractivity contribution >= 4 is 6.03 Å². The van der Waals surface area contributed by atoms with Gasteiger partial charge >= 0.3 is 6.03 Å². The SMILES string of the molecule is Cc1ccccc1CN1CCN(C(=O)N[C@H](C)c2nncn2C)CC1. The van der Waals surface area contributed by atoms with E-state index in [1.807, 2.05) is 23.4 Å². The molecular weight excluding hydrogens is 316 g/mol. The zero-order valence-electron chi connectivity index (χ0n) is 15.1. The molecule has 2 amide bonds. The summed E-state index contributed by atoms with van der Waals surface area (Å²) >= 11 is 0. The van der Waals surface area contributed by atoms with E-state index in [2.05, 4.69) is 51.6 Å². The Morgan fingerprint density at radius 3 is 2.60 bits per heavy atom. The van der Waals surface area contributed by atoms with Crippen LogP contribution in [0.4, 0.5) is 4.79 Å². The Labute approximate surface area is 148 Å². The fourth-order valence-corrected chi connectivity index (χ4v) is 3.16. The third-order valence-electron chi connectivity index (χ3n) is 4.79. The predicted octanol–water partition coefficient (Wildman–Crippen LogP) is 1.71. The van der Waals surface area contributed by atoms with Crippen LogP contribution < -0.4 is 5.32 Å². The Balaban J connectivity index is 1.49. The number of carbonyl (C=O) groups excluding carboxylic acids is 1. The molecule has 0 radical (unpaired) electrons. The van der Waals surface area contributed by atoms with Crippen LogP contribution in [0.1, 0.15) is 29.9 Å². The van der Waals surface area contributed by atoms with Gasteiger partial charge in [-0.3, -0.25) is 4.90 Å². The maximum Gasteiger partial charge on any atom is 0.318 e. The molecule has 1 atom stereocenters. The van der Waals surface area contributed by atoms with Crippen molar-refractivity contribution in [2.75, 3.05) is 26.2 Å². The summed E-state index contributed by atoms with van der Waals surface area (Å²) < 4.78 is 1.82. The number of aromatic nitrogens is 3. The molecule has 2 heterocycles. The van der Waals surface area contributed by atoms with E-state index < -0.39 is 0 Å². The van der Waals surface area contributed by atoms with Gasteiger partial charge in [0.05, 0.1) is 6.04 Å². The summed E-state index contributed by atoms with van der Waals surface area (Å²) in [5, 5.41) is 10.9. The summed E-state index contributed by atoms with van der Waals surface area (Å²) in [7, 11) is 1.88. The minimum absolute atomic E-state index is 0.0361. The Kier molecular flexibility index (Phi) is 5.33. The molecule has 7 heteroatoms. The molecule has 2 aromatic rings. The fourth-order valence-electron chi connectivity index (χ4n) is 3.16. The van der Waals surface area contributed by atoms with E-state index >= 15 is 0 Å². The third-order valence-corrected chi connectivity index (χ3v) is 4.79. The van der Waals surface area contributed by atoms with Gasteiger partial charge in [-0.25, -0.2) is 4.79 Å². The molecular formula is C18H26N6O. The topological polar surface area (TPSA) is 66.3 Å². The van der Waals surface area contributed by atoms with E-state index in [-0.39, 0.29) is 12.1 Å². The largest absolute Gasteiger partial charge is 0.328 e. The Hall–Kier alpha value is -2.41. The van der Waals surface area contributed by atoms with Gasteiger partial charge in [0, 0.05) is 39.8 Å². The summed E-state index contributed by atoms with van der Waals surface area (Å²) in [6.07, 6.45) is 1.64. The second-order valence-electron chi connectivity index (χ2n) is 6.66. The lowest BCUT2D eigenvalue weighted by molar-refractivity contribution is 0.133. The van der Waals surface area contributed by atoms with Crippen molar-refractivity contribution in [3.8, 4) is 0 Å². The molecule has 134 valence electrons. The van der Waals surface area contributed by atoms with Crippen molar-refractivity contribution in [3.05, 3.63) is 47.5 Å². The van der Waals surface area contributed by atoms with Crippen LogP contribution in [-0.2, 0) is 13.6 Å². The number of hydrogen-bond acceptors (Lipinski definition) is 4. The van der Waals surface area contributed by atoms with Gasteiger partial charge in [0.15, 0.2) is 5.82 Å². The minimum Gasteiger partial charge on any atom is -0.328 e. The van der Waals surface area contributed by atoms with Crippen molar-refractivity contribution in [2.45, 2.75) is 26.4 Å². The average molecular weight is 342 g/mol. The van der Waals surface area contributed by atoms with E-state index in [0.717, 1.165) is 38.5 Å². The quantitative estimate of drug-likeness (QED) is 0.919. The maximum atomic E-state index is 12.5. The van der Waals surface area contributed by atoms with Crippen LogP contribution in [0, 0.1) is 6.92 Å². The summed E-state index contributed by atoms with van der Waals surface area (Å²) in [5.41, 5.74) is 2.68. The first kappa shape index (κ1) is 17.4. The smallest absolute Gasteiger partial charge is 0.318 e. The zero-order chi connectivity index (χ0) is 17.8. The molecule has 1 saturated heterocycles. The monoisotopic (exact) mass is 342 g/mol. The third kappa shape index (κ3) is 4.17. The number of hydrogen-bond donors (Lipinski definition) is 1. The van der Waals surface area contributed by atoms with Crippen molar-refractivity contribution in [1.29, 1.82) is 0 Å². The molecule has 0 saturated carbocycles. The summed E-state index contributed by atoms with van der Waals surface area (Å²) in [5.74, 6) is 0.756. The molecule has 1 aromatic carbocycles. The first-order valence-electron chi connectivity index (χ1n) is 8.71. The van der Waals surface area contributed by atoms with Gasteiger partial charge in [-0.1, -0.05) is 24.3 Å². The highest BCUT2D eigenvalue weighted by molar-refractivity contribution is 5.74. The van der Waals surface area contributed by atoms with Gasteiger partial charge in [-0.15, -0.1) is 10.2 Å². The number of rotatable bonds is 4. The Morgan fingerprint density at radius 2 is 1.96 bits per heavy atom. The number of carbonyl (C=O) groups is 1. The highest BCUT2D eigenvalue weighted by atomic mass is 16.2. The Morgan fingerprint density at radius 1 is 1.24 bits per heavy atom. The lowest BCUT2D eigenvalue weighted by Crippen LogP contribution is -2.51. The highest BCUT2D eigenvalue weighted by Crippen LogP contribution is 2.13. The number of piperazine rings is 1. The van der Waals surface area contributed by atoms with Gasteiger partial charge in [0.1, 0.15) is 6.33 Å². The molecule has 1 aliphatic heterocycles. The Bertz CT molecular complexity index is 720. The molecule has 0 unspecified atom stereocenters. The number of benzene rings is 1. The molecule has 1 aromatic heterocycles. The lowest BCUT2D eigenvalue weighted by Gasteiger charge is -2.35. The van der Waals surface area contributed by atoms with Crippen LogP contribution >= 0.6 is 0 Å². The lowest BCUT2D eigenvalue weighted by atomic mass is 10.1. The van der Waals surface area contributed by atoms with Gasteiger partial charge in [0.25, 0.3) is 0 Å². The van der Waals surface area contributed by atoms with Crippen molar-refractivity contribution in [2.24, 2.45) is 7.05 Å². The molecule has 1 N–H and O–H groups in total. The first-order chi connectivity index (χ1) is 12.0. The van der Waals surface area contributed by atoms with Crippen LogP contribution in [0.25, 0.3) is 0 Å². The number of nitrogens with one attached hydrogen (secondary N) is 1. The van der Waals surface area contributed by atoms with E-state index in [1.165, 1.54) is 11.1 Å². The minimum atomic E-state index is -0.162. The molecule has 3 rings (SSSR count). The van der Waals surface area contributed by atoms with E-state index in [4.69, 9.17) is 0 Å². The second kappa shape index (κ2) is 7.65. The van der Waals surface area contributed by atoms with Crippen LogP contribution in [0.3, 0.4) is 0 Å². The maximum absolute atomic E-state index is 12.5. The van der Waals surface area contributed by atoms with Crippen LogP contribution in [-0.4, -0.2) is 56.8 Å². The number of amides is 2. The van der Waals surface area contributed by atoms with Gasteiger partial charge < -0.3 is 14.8 Å². The molecule has 1 fully saturated rings. The molecule has 0 bridgehead atoms. The van der Waals surface area contributed by atoms with Crippen molar-refractivity contribution in [3.63, 3.8) is 0 Å². The molecule has 25 heavy (non-hydrogen) atoms. The normalized spacial score (nSPS) is 16.7.